The van der Waals surface area contributed by atoms with E-state index in [2.05, 4.69) is 34.1 Å². The zero-order valence-electron chi connectivity index (χ0n) is 11.9. The van der Waals surface area contributed by atoms with Crippen molar-refractivity contribution in [3.63, 3.8) is 0 Å². The van der Waals surface area contributed by atoms with Crippen molar-refractivity contribution in [3.8, 4) is 11.1 Å². The lowest BCUT2D eigenvalue weighted by Crippen LogP contribution is -2.21. The summed E-state index contributed by atoms with van der Waals surface area (Å²) in [5.74, 6) is 0.361. The quantitative estimate of drug-likeness (QED) is 0.946. The highest BCUT2D eigenvalue weighted by Gasteiger charge is 2.22. The van der Waals surface area contributed by atoms with Gasteiger partial charge < -0.3 is 15.4 Å². The van der Waals surface area contributed by atoms with E-state index >= 15 is 0 Å². The minimum absolute atomic E-state index is 0.338. The molecule has 2 aromatic rings. The van der Waals surface area contributed by atoms with E-state index < -0.39 is 0 Å². The molecule has 1 atom stereocenters. The molecule has 1 aromatic heterocycles. The number of halogens is 1. The molecule has 1 unspecified atom stereocenters. The third kappa shape index (κ3) is 2.96. The van der Waals surface area contributed by atoms with Crippen LogP contribution in [0.25, 0.3) is 11.1 Å². The number of hydrogen-bond acceptors (Lipinski definition) is 4. The molecule has 0 bridgehead atoms. The number of hydrogen-bond donors (Lipinski definition) is 1. The summed E-state index contributed by atoms with van der Waals surface area (Å²) in [5.41, 5.74) is 8.90. The largest absolute Gasteiger partial charge is 0.382 e. The van der Waals surface area contributed by atoms with Gasteiger partial charge in [-0.25, -0.2) is 4.98 Å². The van der Waals surface area contributed by atoms with Crippen LogP contribution in [0.3, 0.4) is 0 Å². The average Bonchev–Trinajstić information content (AvgIpc) is 2.99. The van der Waals surface area contributed by atoms with Crippen molar-refractivity contribution in [1.82, 2.24) is 4.98 Å². The van der Waals surface area contributed by atoms with Gasteiger partial charge in [0.2, 0.25) is 0 Å². The minimum Gasteiger partial charge on any atom is -0.382 e. The third-order valence-corrected chi connectivity index (χ3v) is 4.22. The predicted octanol–water partition coefficient (Wildman–Crippen LogP) is 3.21. The molecule has 3 rings (SSSR count). The molecule has 2 heterocycles. The molecule has 1 saturated heterocycles. The molecule has 0 aliphatic carbocycles. The van der Waals surface area contributed by atoms with Crippen LogP contribution >= 0.6 is 11.6 Å². The normalized spacial score (nSPS) is 18.2. The molecule has 1 fully saturated rings. The summed E-state index contributed by atoms with van der Waals surface area (Å²) in [6, 6.07) is 10.3. The van der Waals surface area contributed by atoms with Crippen LogP contribution in [0.4, 0.5) is 11.5 Å². The van der Waals surface area contributed by atoms with Crippen LogP contribution in [0, 0.1) is 0 Å². The minimum atomic E-state index is 0.338. The van der Waals surface area contributed by atoms with Crippen molar-refractivity contribution in [2.24, 2.45) is 0 Å². The number of pyridine rings is 1. The Hall–Kier alpha value is -1.78. The lowest BCUT2D eigenvalue weighted by molar-refractivity contribution is 0.121. The second-order valence-electron chi connectivity index (χ2n) is 5.23. The van der Waals surface area contributed by atoms with E-state index in [1.165, 1.54) is 5.69 Å². The second-order valence-corrected chi connectivity index (χ2v) is 5.64. The maximum Gasteiger partial charge on any atom is 0.142 e. The number of ether oxygens (including phenoxy) is 1. The Morgan fingerprint density at radius 1 is 1.29 bits per heavy atom. The van der Waals surface area contributed by atoms with Crippen LogP contribution in [-0.2, 0) is 4.74 Å². The van der Waals surface area contributed by atoms with Crippen LogP contribution in [0.2, 0.25) is 5.02 Å². The van der Waals surface area contributed by atoms with Gasteiger partial charge in [-0.1, -0.05) is 23.7 Å². The predicted molar refractivity (Wildman–Crippen MR) is 86.7 cm³/mol. The first-order valence-electron chi connectivity index (χ1n) is 6.96. The van der Waals surface area contributed by atoms with Gasteiger partial charge in [-0.05, 0) is 30.2 Å². The van der Waals surface area contributed by atoms with E-state index in [1.807, 2.05) is 6.07 Å². The molecule has 1 aromatic carbocycles. The topological polar surface area (TPSA) is 51.4 Å². The number of anilines is 2. The molecule has 4 nitrogen and oxygen atoms in total. The van der Waals surface area contributed by atoms with E-state index in [0.29, 0.717) is 16.9 Å². The molecule has 2 N–H and O–H groups in total. The van der Waals surface area contributed by atoms with Gasteiger partial charge in [-0.2, -0.15) is 0 Å². The fourth-order valence-corrected chi connectivity index (χ4v) is 2.79. The number of aromatic nitrogens is 1. The molecule has 21 heavy (non-hydrogen) atoms. The Balaban J connectivity index is 1.79. The summed E-state index contributed by atoms with van der Waals surface area (Å²) < 4.78 is 5.40. The molecule has 0 radical (unpaired) electrons. The smallest absolute Gasteiger partial charge is 0.142 e. The van der Waals surface area contributed by atoms with Gasteiger partial charge >= 0.3 is 0 Å². The molecule has 0 amide bonds. The first-order valence-corrected chi connectivity index (χ1v) is 7.34. The monoisotopic (exact) mass is 303 g/mol. The number of benzene rings is 1. The molecule has 0 saturated carbocycles. The molecular weight excluding hydrogens is 286 g/mol. The molecule has 5 heteroatoms. The maximum atomic E-state index is 6.02. The van der Waals surface area contributed by atoms with Crippen LogP contribution < -0.4 is 10.6 Å². The molecule has 110 valence electrons. The van der Waals surface area contributed by atoms with E-state index in [-0.39, 0.29) is 0 Å². The van der Waals surface area contributed by atoms with Crippen LogP contribution in [0.1, 0.15) is 6.42 Å². The number of nitrogen functional groups attached to an aromatic ring is 1. The van der Waals surface area contributed by atoms with Crippen molar-refractivity contribution in [1.29, 1.82) is 0 Å². The Bertz CT molecular complexity index is 630. The molecule has 1 aliphatic rings. The Morgan fingerprint density at radius 2 is 2.05 bits per heavy atom. The standard InChI is InChI=1S/C16H18ClN3O/c1-21-14-6-7-20(10-14)13-4-2-11(3-5-13)12-8-15(17)16(18)19-9-12/h2-5,8-9,14H,6-7,10H2,1H3,(H2,18,19). The van der Waals surface area contributed by atoms with E-state index in [9.17, 15) is 0 Å². The highest BCUT2D eigenvalue weighted by atomic mass is 35.5. The fraction of sp³-hybridized carbons (Fsp3) is 0.312. The summed E-state index contributed by atoms with van der Waals surface area (Å²) in [5, 5.41) is 0.485. The number of nitrogens with two attached hydrogens (primary N) is 1. The van der Waals surface area contributed by atoms with Gasteiger partial charge in [-0.15, -0.1) is 0 Å². The van der Waals surface area contributed by atoms with Crippen molar-refractivity contribution < 1.29 is 4.74 Å². The SMILES string of the molecule is COC1CCN(c2ccc(-c3cnc(N)c(Cl)c3)cc2)C1. The highest BCUT2D eigenvalue weighted by molar-refractivity contribution is 6.33. The average molecular weight is 304 g/mol. The molecular formula is C16H18ClN3O. The van der Waals surface area contributed by atoms with Crippen molar-refractivity contribution in [2.45, 2.75) is 12.5 Å². The van der Waals surface area contributed by atoms with Crippen molar-refractivity contribution in [2.75, 3.05) is 30.8 Å². The van der Waals surface area contributed by atoms with E-state index in [4.69, 9.17) is 22.1 Å². The van der Waals surface area contributed by atoms with E-state index in [1.54, 1.807) is 13.3 Å². The first-order chi connectivity index (χ1) is 10.2. The van der Waals surface area contributed by atoms with Crippen LogP contribution in [-0.4, -0.2) is 31.3 Å². The van der Waals surface area contributed by atoms with Crippen LogP contribution in [0.5, 0.6) is 0 Å². The van der Waals surface area contributed by atoms with Gasteiger partial charge in [0, 0.05) is 37.6 Å². The van der Waals surface area contributed by atoms with Gasteiger partial charge in [0.25, 0.3) is 0 Å². The first kappa shape index (κ1) is 14.2. The summed E-state index contributed by atoms with van der Waals surface area (Å²) in [6.07, 6.45) is 3.16. The zero-order chi connectivity index (χ0) is 14.8. The summed E-state index contributed by atoms with van der Waals surface area (Å²) in [7, 11) is 1.77. The maximum absolute atomic E-state index is 6.02. The van der Waals surface area contributed by atoms with E-state index in [0.717, 1.165) is 30.6 Å². The second kappa shape index (κ2) is 5.92. The summed E-state index contributed by atoms with van der Waals surface area (Å²) in [4.78, 5) is 6.43. The number of methoxy groups -OCH3 is 1. The van der Waals surface area contributed by atoms with Crippen LogP contribution in [0.15, 0.2) is 36.5 Å². The summed E-state index contributed by atoms with van der Waals surface area (Å²) >= 11 is 6.02. The van der Waals surface area contributed by atoms with Gasteiger partial charge in [0.1, 0.15) is 5.82 Å². The fourth-order valence-electron chi connectivity index (χ4n) is 2.63. The highest BCUT2D eigenvalue weighted by Crippen LogP contribution is 2.28. The number of nitrogens with zero attached hydrogens (tertiary/aromatic N) is 2. The Morgan fingerprint density at radius 3 is 2.67 bits per heavy atom. The van der Waals surface area contributed by atoms with Gasteiger partial charge in [-0.3, -0.25) is 0 Å². The van der Waals surface area contributed by atoms with Gasteiger partial charge in [0.15, 0.2) is 0 Å². The molecule has 1 aliphatic heterocycles. The third-order valence-electron chi connectivity index (χ3n) is 3.91. The lowest BCUT2D eigenvalue weighted by atomic mass is 10.1. The van der Waals surface area contributed by atoms with Crippen molar-refractivity contribution in [3.05, 3.63) is 41.6 Å². The Labute approximate surface area is 129 Å². The summed E-state index contributed by atoms with van der Waals surface area (Å²) in [6.45, 7) is 1.98. The molecule has 0 spiro atoms. The van der Waals surface area contributed by atoms with Gasteiger partial charge in [0.05, 0.1) is 11.1 Å². The Kier molecular flexibility index (Phi) is 3.99. The number of rotatable bonds is 3. The lowest BCUT2D eigenvalue weighted by Gasteiger charge is -2.18. The van der Waals surface area contributed by atoms with Crippen molar-refractivity contribution >= 4 is 23.1 Å². The zero-order valence-corrected chi connectivity index (χ0v) is 12.7.